The van der Waals surface area contributed by atoms with Crippen LogP contribution in [0.3, 0.4) is 0 Å². The fourth-order valence-corrected chi connectivity index (χ4v) is 4.06. The van der Waals surface area contributed by atoms with Gasteiger partial charge in [-0.3, -0.25) is 4.79 Å². The number of phenolic OH excluding ortho intramolecular Hbond substituents is 1. The molecule has 1 atom stereocenters. The molecule has 158 valence electrons. The van der Waals surface area contributed by atoms with E-state index in [4.69, 9.17) is 4.42 Å². The molecule has 1 amide bonds. The number of benzene rings is 1. The predicted molar refractivity (Wildman–Crippen MR) is 117 cm³/mol. The number of carbonyl (C=O) groups is 1. The second-order valence-electron chi connectivity index (χ2n) is 7.34. The van der Waals surface area contributed by atoms with Crippen molar-refractivity contribution in [3.05, 3.63) is 47.4 Å². The van der Waals surface area contributed by atoms with Gasteiger partial charge in [0.2, 0.25) is 0 Å². The van der Waals surface area contributed by atoms with E-state index in [9.17, 15) is 9.90 Å². The van der Waals surface area contributed by atoms with Crippen LogP contribution in [0.15, 0.2) is 34.7 Å². The maximum atomic E-state index is 12.7. The van der Waals surface area contributed by atoms with E-state index in [0.29, 0.717) is 17.3 Å². The number of phenols is 1. The highest BCUT2D eigenvalue weighted by Crippen LogP contribution is 2.34. The number of aromatic hydroxyl groups is 1. The Morgan fingerprint density at radius 3 is 2.70 bits per heavy atom. The molecule has 1 fully saturated rings. The van der Waals surface area contributed by atoms with Crippen molar-refractivity contribution >= 4 is 35.0 Å². The first-order valence-electron chi connectivity index (χ1n) is 10.1. The molecule has 1 aliphatic rings. The topological polar surface area (TPSA) is 104 Å². The summed E-state index contributed by atoms with van der Waals surface area (Å²) in [5.74, 6) is 2.50. The number of nitrogens with one attached hydrogen (secondary N) is 2. The second-order valence-corrected chi connectivity index (χ2v) is 7.87. The number of rotatable bonds is 7. The monoisotopic (exact) mass is 427 g/mol. The van der Waals surface area contributed by atoms with E-state index in [1.165, 1.54) is 0 Å². The first-order chi connectivity index (χ1) is 14.6. The Bertz CT molecular complexity index is 1030. The van der Waals surface area contributed by atoms with Gasteiger partial charge in [-0.2, -0.15) is 8.75 Å². The van der Waals surface area contributed by atoms with Gasteiger partial charge in [-0.25, -0.2) is 0 Å². The van der Waals surface area contributed by atoms with Crippen LogP contribution in [0, 0.1) is 6.92 Å². The molecule has 0 saturated carbocycles. The third kappa shape index (κ3) is 4.11. The molecule has 8 nitrogen and oxygen atoms in total. The van der Waals surface area contributed by atoms with E-state index in [1.807, 2.05) is 19.1 Å². The third-order valence-corrected chi connectivity index (χ3v) is 5.75. The quantitative estimate of drug-likeness (QED) is 0.470. The third-order valence-electron chi connectivity index (χ3n) is 5.23. The average molecular weight is 428 g/mol. The highest BCUT2D eigenvalue weighted by atomic mass is 32.1. The Kier molecular flexibility index (Phi) is 5.89. The number of aryl methyl sites for hydroxylation is 1. The Morgan fingerprint density at radius 1 is 1.23 bits per heavy atom. The van der Waals surface area contributed by atoms with Gasteiger partial charge in [-0.1, -0.05) is 13.0 Å². The summed E-state index contributed by atoms with van der Waals surface area (Å²) in [7, 11) is 0. The van der Waals surface area contributed by atoms with Gasteiger partial charge >= 0.3 is 0 Å². The van der Waals surface area contributed by atoms with Gasteiger partial charge in [0.05, 0.1) is 29.0 Å². The van der Waals surface area contributed by atoms with Crippen molar-refractivity contribution in [3.8, 4) is 5.75 Å². The number of amides is 1. The van der Waals surface area contributed by atoms with E-state index >= 15 is 0 Å². The molecular weight excluding hydrogens is 402 g/mol. The lowest BCUT2D eigenvalue weighted by Crippen LogP contribution is -2.27. The van der Waals surface area contributed by atoms with Crippen LogP contribution >= 0.6 is 11.7 Å². The van der Waals surface area contributed by atoms with Crippen LogP contribution in [0.4, 0.5) is 17.3 Å². The number of likely N-dealkylation sites (tertiary alicyclic amines) is 1. The van der Waals surface area contributed by atoms with Gasteiger partial charge in [0, 0.05) is 13.1 Å². The summed E-state index contributed by atoms with van der Waals surface area (Å²) >= 11 is 1.06. The van der Waals surface area contributed by atoms with E-state index < -0.39 is 0 Å². The minimum absolute atomic E-state index is 0.0557. The van der Waals surface area contributed by atoms with Gasteiger partial charge in [0.1, 0.15) is 11.5 Å². The smallest absolute Gasteiger partial charge is 0.257 e. The molecule has 0 bridgehead atoms. The summed E-state index contributed by atoms with van der Waals surface area (Å²) in [5.41, 5.74) is 0.704. The van der Waals surface area contributed by atoms with Crippen molar-refractivity contribution in [1.29, 1.82) is 0 Å². The van der Waals surface area contributed by atoms with E-state index in [1.54, 1.807) is 23.1 Å². The maximum Gasteiger partial charge on any atom is 0.257 e. The number of hydrogen-bond acceptors (Lipinski definition) is 8. The lowest BCUT2D eigenvalue weighted by molar-refractivity contribution is 0.0790. The van der Waals surface area contributed by atoms with Gasteiger partial charge in [0.25, 0.3) is 5.91 Å². The summed E-state index contributed by atoms with van der Waals surface area (Å²) in [6.45, 7) is 5.42. The molecular formula is C21H25N5O3S. The van der Waals surface area contributed by atoms with Crippen LogP contribution in [0.5, 0.6) is 5.75 Å². The zero-order valence-electron chi connectivity index (χ0n) is 17.0. The molecule has 4 rings (SSSR count). The molecule has 1 saturated heterocycles. The molecule has 3 heterocycles. The number of furan rings is 1. The molecule has 0 spiro atoms. The van der Waals surface area contributed by atoms with Gasteiger partial charge in [-0.15, -0.1) is 0 Å². The first kappa shape index (κ1) is 20.2. The number of hydrogen-bond donors (Lipinski definition) is 3. The lowest BCUT2D eigenvalue weighted by Gasteiger charge is -2.18. The highest BCUT2D eigenvalue weighted by Gasteiger charge is 2.24. The maximum absolute atomic E-state index is 12.7. The van der Waals surface area contributed by atoms with Crippen molar-refractivity contribution in [1.82, 2.24) is 13.6 Å². The van der Waals surface area contributed by atoms with Crippen LogP contribution in [-0.4, -0.2) is 37.8 Å². The summed E-state index contributed by atoms with van der Waals surface area (Å²) in [6, 6.07) is 8.93. The SMILES string of the molecule is CCC(Nc1nsnc1Nc1cccc(C(=O)N2CCCC2)c1O)c1ccc(C)o1. The van der Waals surface area contributed by atoms with Gasteiger partial charge in [-0.05, 0) is 50.5 Å². The van der Waals surface area contributed by atoms with Crippen LogP contribution in [0.25, 0.3) is 0 Å². The average Bonchev–Trinajstić information content (AvgIpc) is 3.50. The molecule has 1 aliphatic heterocycles. The lowest BCUT2D eigenvalue weighted by atomic mass is 10.1. The van der Waals surface area contributed by atoms with Gasteiger partial charge < -0.3 is 25.1 Å². The largest absolute Gasteiger partial charge is 0.505 e. The van der Waals surface area contributed by atoms with E-state index in [0.717, 1.165) is 55.6 Å². The first-order valence-corrected chi connectivity index (χ1v) is 10.8. The molecule has 0 aliphatic carbocycles. The van der Waals surface area contributed by atoms with Crippen LogP contribution in [0.2, 0.25) is 0 Å². The Labute approximate surface area is 179 Å². The molecule has 3 N–H and O–H groups in total. The molecule has 0 radical (unpaired) electrons. The summed E-state index contributed by atoms with van der Waals surface area (Å²) < 4.78 is 14.4. The fraction of sp³-hybridized carbons (Fsp3) is 0.381. The van der Waals surface area contributed by atoms with Crippen molar-refractivity contribution in [3.63, 3.8) is 0 Å². The molecule has 30 heavy (non-hydrogen) atoms. The number of para-hydroxylation sites is 1. The fourth-order valence-electron chi connectivity index (χ4n) is 3.58. The zero-order valence-corrected chi connectivity index (χ0v) is 17.8. The molecule has 1 unspecified atom stereocenters. The number of nitrogens with zero attached hydrogens (tertiary/aromatic N) is 3. The van der Waals surface area contributed by atoms with Crippen LogP contribution in [0.1, 0.15) is 54.1 Å². The van der Waals surface area contributed by atoms with Crippen molar-refractivity contribution in [2.24, 2.45) is 0 Å². The van der Waals surface area contributed by atoms with Gasteiger partial charge in [0.15, 0.2) is 17.4 Å². The number of carbonyl (C=O) groups excluding carboxylic acids is 1. The highest BCUT2D eigenvalue weighted by molar-refractivity contribution is 6.99. The van der Waals surface area contributed by atoms with Crippen LogP contribution < -0.4 is 10.6 Å². The van der Waals surface area contributed by atoms with Crippen molar-refractivity contribution < 1.29 is 14.3 Å². The molecule has 1 aromatic carbocycles. The normalized spacial score (nSPS) is 14.7. The van der Waals surface area contributed by atoms with E-state index in [-0.39, 0.29) is 23.3 Å². The Balaban J connectivity index is 1.54. The minimum Gasteiger partial charge on any atom is -0.505 e. The summed E-state index contributed by atoms with van der Waals surface area (Å²) in [5, 5.41) is 17.2. The zero-order chi connectivity index (χ0) is 21.1. The minimum atomic E-state index is -0.150. The second kappa shape index (κ2) is 8.74. The summed E-state index contributed by atoms with van der Waals surface area (Å²) in [4.78, 5) is 14.5. The summed E-state index contributed by atoms with van der Waals surface area (Å²) in [6.07, 6.45) is 2.80. The van der Waals surface area contributed by atoms with Crippen molar-refractivity contribution in [2.45, 2.75) is 39.2 Å². The standard InChI is InChI=1S/C21H25N5O3S/c1-3-15(17-10-9-13(2)29-17)22-19-20(25-30-24-19)23-16-8-6-7-14(18(16)27)21(28)26-11-4-5-12-26/h6-10,15,27H,3-5,11-12H2,1-2H3,(H,22,24)(H,23,25). The Hall–Kier alpha value is -3.07. The number of anilines is 3. The Morgan fingerprint density at radius 2 is 2.00 bits per heavy atom. The van der Waals surface area contributed by atoms with Crippen molar-refractivity contribution in [2.75, 3.05) is 23.7 Å². The van der Waals surface area contributed by atoms with E-state index in [2.05, 4.69) is 26.3 Å². The number of aromatic nitrogens is 2. The predicted octanol–water partition coefficient (Wildman–Crippen LogP) is 4.69. The van der Waals surface area contributed by atoms with Crippen LogP contribution in [-0.2, 0) is 0 Å². The molecule has 3 aromatic rings. The molecule has 9 heteroatoms. The molecule has 2 aromatic heterocycles.